The smallest absolute Gasteiger partial charge is 0.313 e. The van der Waals surface area contributed by atoms with E-state index in [1.807, 2.05) is 30.3 Å². The van der Waals surface area contributed by atoms with E-state index in [1.54, 1.807) is 0 Å². The summed E-state index contributed by atoms with van der Waals surface area (Å²) in [6, 6.07) is 7.96. The molecule has 0 bridgehead atoms. The second-order valence-electron chi connectivity index (χ2n) is 3.61. The van der Waals surface area contributed by atoms with Crippen LogP contribution in [-0.2, 0) is 11.2 Å². The zero-order valence-electron chi connectivity index (χ0n) is 8.96. The lowest BCUT2D eigenvalue weighted by atomic mass is 9.95. The van der Waals surface area contributed by atoms with Gasteiger partial charge in [0, 0.05) is 12.0 Å². The third kappa shape index (κ3) is 2.92. The van der Waals surface area contributed by atoms with Crippen molar-refractivity contribution in [1.29, 1.82) is 0 Å². The minimum atomic E-state index is -0.806. The molecule has 0 radical (unpaired) electrons. The molecule has 0 heterocycles. The number of thiol groups is 1. The van der Waals surface area contributed by atoms with Crippen molar-refractivity contribution < 1.29 is 9.90 Å². The van der Waals surface area contributed by atoms with E-state index in [9.17, 15) is 4.79 Å². The number of carboxylic acids is 1. The van der Waals surface area contributed by atoms with Crippen molar-refractivity contribution in [1.82, 2.24) is 0 Å². The second-order valence-corrected chi connectivity index (χ2v) is 4.91. The summed E-state index contributed by atoms with van der Waals surface area (Å²) >= 11 is 5.29. The Balaban J connectivity index is 2.24. The van der Waals surface area contributed by atoms with Gasteiger partial charge in [0.1, 0.15) is 0 Å². The second kappa shape index (κ2) is 5.42. The number of hydrogen-bond donors (Lipinski definition) is 2. The lowest BCUT2D eigenvalue weighted by molar-refractivity contribution is -0.133. The molecule has 17 heavy (non-hydrogen) atoms. The Morgan fingerprint density at radius 2 is 2.24 bits per heavy atom. The highest BCUT2D eigenvalue weighted by Gasteiger charge is 2.16. The van der Waals surface area contributed by atoms with Crippen LogP contribution >= 0.6 is 24.6 Å². The van der Waals surface area contributed by atoms with E-state index in [1.165, 1.54) is 11.8 Å². The first kappa shape index (κ1) is 12.3. The Bertz CT molecular complexity index is 509. The number of aliphatic carboxylic acids is 1. The summed E-state index contributed by atoms with van der Waals surface area (Å²) in [6.45, 7) is 0. The number of carboxylic acid groups (broad SMARTS) is 1. The zero-order chi connectivity index (χ0) is 12.3. The lowest BCUT2D eigenvalue weighted by Crippen LogP contribution is -2.10. The number of hydrogen-bond acceptors (Lipinski definition) is 4. The zero-order valence-corrected chi connectivity index (χ0v) is 10.7. The Morgan fingerprint density at radius 3 is 2.94 bits per heavy atom. The molecule has 88 valence electrons. The first-order chi connectivity index (χ1) is 8.20. The molecule has 0 aromatic heterocycles. The van der Waals surface area contributed by atoms with Crippen LogP contribution < -0.4 is 0 Å². The normalized spacial score (nSPS) is 16.5. The topological polar surface area (TPSA) is 49.7 Å². The van der Waals surface area contributed by atoms with Gasteiger partial charge in [0.05, 0.1) is 11.5 Å². The van der Waals surface area contributed by atoms with E-state index in [0.717, 1.165) is 28.2 Å². The van der Waals surface area contributed by atoms with Gasteiger partial charge in [-0.25, -0.2) is 4.40 Å². The molecular weight excluding hydrogens is 254 g/mol. The number of thioether (sulfide) groups is 1. The molecule has 1 aliphatic rings. The molecule has 0 unspecified atom stereocenters. The molecule has 1 N–H and O–H groups in total. The Hall–Kier alpha value is -1.20. The van der Waals surface area contributed by atoms with Crippen LogP contribution in [0.5, 0.6) is 0 Å². The van der Waals surface area contributed by atoms with Crippen molar-refractivity contribution in [3.05, 3.63) is 46.4 Å². The maximum Gasteiger partial charge on any atom is 0.313 e. The molecule has 2 rings (SSSR count). The molecule has 0 fully saturated rings. The fraction of sp³-hybridized carbons (Fsp3) is 0.167. The summed E-state index contributed by atoms with van der Waals surface area (Å²) in [5.74, 6) is -0.729. The van der Waals surface area contributed by atoms with Crippen molar-refractivity contribution in [2.75, 3.05) is 5.75 Å². The third-order valence-corrected chi connectivity index (χ3v) is 3.68. The summed E-state index contributed by atoms with van der Waals surface area (Å²) in [4.78, 5) is 11.6. The number of rotatable bonds is 3. The molecule has 0 saturated heterocycles. The molecule has 0 saturated carbocycles. The van der Waals surface area contributed by atoms with Crippen LogP contribution in [0.1, 0.15) is 11.1 Å². The molecule has 1 aromatic rings. The molecule has 0 aliphatic heterocycles. The third-order valence-electron chi connectivity index (χ3n) is 2.44. The Morgan fingerprint density at radius 1 is 1.47 bits per heavy atom. The minimum Gasteiger partial charge on any atom is -0.481 e. The predicted molar refractivity (Wildman–Crippen MR) is 73.8 cm³/mol. The van der Waals surface area contributed by atoms with E-state index in [-0.39, 0.29) is 5.75 Å². The van der Waals surface area contributed by atoms with Gasteiger partial charge in [0.2, 0.25) is 0 Å². The van der Waals surface area contributed by atoms with Crippen LogP contribution in [0.15, 0.2) is 39.6 Å². The number of benzene rings is 1. The first-order valence-electron chi connectivity index (χ1n) is 5.06. The van der Waals surface area contributed by atoms with Gasteiger partial charge in [-0.3, -0.25) is 4.79 Å². The van der Waals surface area contributed by atoms with Crippen LogP contribution in [0.4, 0.5) is 0 Å². The van der Waals surface area contributed by atoms with E-state index in [4.69, 9.17) is 5.11 Å². The van der Waals surface area contributed by atoms with Gasteiger partial charge < -0.3 is 5.11 Å². The highest BCUT2D eigenvalue weighted by atomic mass is 32.2. The standard InChI is InChI=1S/C12H11NO2S2/c14-12(15)7-17-9-5-8-3-1-2-4-10(8)11(6-9)13-16/h1-4,6,16H,5,7H2,(H,14,15)/b13-11+. The van der Waals surface area contributed by atoms with Crippen molar-refractivity contribution >= 4 is 36.3 Å². The van der Waals surface area contributed by atoms with Gasteiger partial charge >= 0.3 is 5.97 Å². The van der Waals surface area contributed by atoms with E-state index in [0.29, 0.717) is 0 Å². The van der Waals surface area contributed by atoms with Crippen LogP contribution in [0, 0.1) is 0 Å². The highest BCUT2D eigenvalue weighted by molar-refractivity contribution is 8.03. The molecule has 1 aliphatic carbocycles. The Kier molecular flexibility index (Phi) is 3.91. The van der Waals surface area contributed by atoms with Crippen molar-refractivity contribution in [3.63, 3.8) is 0 Å². The van der Waals surface area contributed by atoms with Gasteiger partial charge in [-0.2, -0.15) is 0 Å². The molecule has 5 heteroatoms. The minimum absolute atomic E-state index is 0.0772. The van der Waals surface area contributed by atoms with E-state index in [2.05, 4.69) is 17.2 Å². The molecule has 3 nitrogen and oxygen atoms in total. The van der Waals surface area contributed by atoms with E-state index < -0.39 is 5.97 Å². The highest BCUT2D eigenvalue weighted by Crippen LogP contribution is 2.28. The molecular formula is C12H11NO2S2. The van der Waals surface area contributed by atoms with Crippen LogP contribution in [-0.4, -0.2) is 22.5 Å². The summed E-state index contributed by atoms with van der Waals surface area (Å²) < 4.78 is 3.94. The van der Waals surface area contributed by atoms with E-state index >= 15 is 0 Å². The molecule has 0 atom stereocenters. The summed E-state index contributed by atoms with van der Waals surface area (Å²) in [5.41, 5.74) is 3.03. The maximum absolute atomic E-state index is 10.5. The maximum atomic E-state index is 10.5. The number of fused-ring (bicyclic) bond motifs is 1. The van der Waals surface area contributed by atoms with Crippen LogP contribution in [0.3, 0.4) is 0 Å². The predicted octanol–water partition coefficient (Wildman–Crippen LogP) is 2.58. The van der Waals surface area contributed by atoms with Crippen LogP contribution in [0.2, 0.25) is 0 Å². The quantitative estimate of drug-likeness (QED) is 0.826. The van der Waals surface area contributed by atoms with Crippen molar-refractivity contribution in [2.45, 2.75) is 6.42 Å². The largest absolute Gasteiger partial charge is 0.481 e. The number of allylic oxidation sites excluding steroid dienone is 2. The van der Waals surface area contributed by atoms with Gasteiger partial charge in [-0.15, -0.1) is 11.8 Å². The Labute approximate surface area is 109 Å². The van der Waals surface area contributed by atoms with Crippen LogP contribution in [0.25, 0.3) is 0 Å². The SMILES string of the molecule is O=C(O)CSC1=C/C(=N\S)c2ccccc2C1. The average Bonchev–Trinajstić information content (AvgIpc) is 2.35. The van der Waals surface area contributed by atoms with Gasteiger partial charge in [-0.05, 0) is 29.4 Å². The summed E-state index contributed by atoms with van der Waals surface area (Å²) in [5, 5.41) is 8.67. The molecule has 1 aromatic carbocycles. The number of carbonyl (C=O) groups is 1. The fourth-order valence-corrected chi connectivity index (χ4v) is 2.65. The number of nitrogens with zero attached hydrogens (tertiary/aromatic N) is 1. The fourth-order valence-electron chi connectivity index (χ4n) is 1.72. The molecule has 0 spiro atoms. The average molecular weight is 265 g/mol. The summed E-state index contributed by atoms with van der Waals surface area (Å²) in [6.07, 6.45) is 2.67. The van der Waals surface area contributed by atoms with Gasteiger partial charge in [-0.1, -0.05) is 24.3 Å². The van der Waals surface area contributed by atoms with Gasteiger partial charge in [0.25, 0.3) is 0 Å². The van der Waals surface area contributed by atoms with Crippen molar-refractivity contribution in [2.24, 2.45) is 4.40 Å². The first-order valence-corrected chi connectivity index (χ1v) is 6.45. The van der Waals surface area contributed by atoms with Crippen molar-refractivity contribution in [3.8, 4) is 0 Å². The summed E-state index contributed by atoms with van der Waals surface area (Å²) in [7, 11) is 0. The lowest BCUT2D eigenvalue weighted by Gasteiger charge is -2.17. The molecule has 0 amide bonds. The monoisotopic (exact) mass is 265 g/mol. The van der Waals surface area contributed by atoms with Gasteiger partial charge in [0.15, 0.2) is 0 Å².